The number of anilines is 2. The Bertz CT molecular complexity index is 448. The maximum absolute atomic E-state index is 8.90. The summed E-state index contributed by atoms with van der Waals surface area (Å²) in [6.07, 6.45) is 7.02. The minimum absolute atomic E-state index is 0.191. The number of β-amino-alcohol motifs (C(OH)–C–C–N with tert-alkyl or cyclic N) is 1. The summed E-state index contributed by atoms with van der Waals surface area (Å²) >= 11 is 0. The van der Waals surface area contributed by atoms with Gasteiger partial charge in [-0.05, 0) is 0 Å². The number of piperazine rings is 1. The summed E-state index contributed by atoms with van der Waals surface area (Å²) < 4.78 is 0. The predicted octanol–water partition coefficient (Wildman–Crippen LogP) is -0.846. The molecule has 18 heavy (non-hydrogen) atoms. The summed E-state index contributed by atoms with van der Waals surface area (Å²) in [5.74, 6) is 3.55. The molecule has 2 heterocycles. The van der Waals surface area contributed by atoms with Crippen LogP contribution in [0.15, 0.2) is 6.20 Å². The van der Waals surface area contributed by atoms with Crippen molar-refractivity contribution in [3.63, 3.8) is 0 Å². The first-order valence-electron chi connectivity index (χ1n) is 5.92. The van der Waals surface area contributed by atoms with Crippen molar-refractivity contribution in [2.75, 3.05) is 50.0 Å². The largest absolute Gasteiger partial charge is 0.395 e. The number of hydrogen-bond donors (Lipinski definition) is 2. The fraction of sp³-hybridized carbons (Fsp3) is 0.500. The van der Waals surface area contributed by atoms with Crippen LogP contribution in [0.2, 0.25) is 0 Å². The molecule has 96 valence electrons. The number of aromatic nitrogens is 2. The number of rotatable bonds is 3. The summed E-state index contributed by atoms with van der Waals surface area (Å²) in [7, 11) is 0. The van der Waals surface area contributed by atoms with E-state index in [2.05, 4.69) is 25.7 Å². The van der Waals surface area contributed by atoms with Crippen LogP contribution < -0.4 is 10.6 Å². The Kier molecular flexibility index (Phi) is 3.97. The second kappa shape index (κ2) is 5.67. The van der Waals surface area contributed by atoms with Crippen molar-refractivity contribution in [1.82, 2.24) is 14.9 Å². The Morgan fingerprint density at radius 1 is 1.39 bits per heavy atom. The van der Waals surface area contributed by atoms with E-state index in [1.54, 1.807) is 6.20 Å². The number of nitrogens with two attached hydrogens (primary N) is 1. The lowest BCUT2D eigenvalue weighted by Gasteiger charge is -2.35. The van der Waals surface area contributed by atoms with E-state index in [1.807, 2.05) is 0 Å². The number of terminal acetylenes is 1. The zero-order valence-electron chi connectivity index (χ0n) is 10.2. The summed E-state index contributed by atoms with van der Waals surface area (Å²) in [4.78, 5) is 12.4. The van der Waals surface area contributed by atoms with Gasteiger partial charge in [0.15, 0.2) is 0 Å². The normalized spacial score (nSPS) is 16.6. The first-order chi connectivity index (χ1) is 8.74. The molecule has 0 saturated carbocycles. The van der Waals surface area contributed by atoms with Crippen molar-refractivity contribution in [1.29, 1.82) is 0 Å². The Morgan fingerprint density at radius 2 is 2.11 bits per heavy atom. The SMILES string of the molecule is C#Cc1cnc(N)nc1N1CCN(CCO)CC1. The van der Waals surface area contributed by atoms with E-state index in [0.29, 0.717) is 12.1 Å². The zero-order chi connectivity index (χ0) is 13.0. The van der Waals surface area contributed by atoms with Crippen LogP contribution in [0.25, 0.3) is 0 Å². The Morgan fingerprint density at radius 3 is 2.72 bits per heavy atom. The summed E-state index contributed by atoms with van der Waals surface area (Å²) in [5, 5.41) is 8.90. The molecule has 0 atom stereocenters. The molecule has 6 heteroatoms. The van der Waals surface area contributed by atoms with Gasteiger partial charge in [0.05, 0.1) is 18.4 Å². The van der Waals surface area contributed by atoms with Crippen LogP contribution in [-0.2, 0) is 0 Å². The van der Waals surface area contributed by atoms with Gasteiger partial charge in [-0.3, -0.25) is 4.90 Å². The van der Waals surface area contributed by atoms with Gasteiger partial charge in [0.25, 0.3) is 0 Å². The molecule has 1 fully saturated rings. The van der Waals surface area contributed by atoms with Gasteiger partial charge >= 0.3 is 0 Å². The van der Waals surface area contributed by atoms with E-state index < -0.39 is 0 Å². The smallest absolute Gasteiger partial charge is 0.222 e. The predicted molar refractivity (Wildman–Crippen MR) is 70.1 cm³/mol. The van der Waals surface area contributed by atoms with Crippen LogP contribution in [0.3, 0.4) is 0 Å². The minimum atomic E-state index is 0.191. The maximum atomic E-state index is 8.90. The van der Waals surface area contributed by atoms with E-state index in [4.69, 9.17) is 17.3 Å². The second-order valence-electron chi connectivity index (χ2n) is 4.16. The van der Waals surface area contributed by atoms with Gasteiger partial charge < -0.3 is 15.7 Å². The van der Waals surface area contributed by atoms with Gasteiger partial charge in [-0.2, -0.15) is 4.98 Å². The molecule has 0 amide bonds. The third kappa shape index (κ3) is 2.70. The van der Waals surface area contributed by atoms with E-state index >= 15 is 0 Å². The van der Waals surface area contributed by atoms with Gasteiger partial charge in [0.2, 0.25) is 5.95 Å². The lowest BCUT2D eigenvalue weighted by Crippen LogP contribution is -2.47. The highest BCUT2D eigenvalue weighted by Crippen LogP contribution is 2.18. The van der Waals surface area contributed by atoms with Crippen molar-refractivity contribution in [2.24, 2.45) is 0 Å². The molecule has 0 aliphatic carbocycles. The van der Waals surface area contributed by atoms with Gasteiger partial charge in [-0.25, -0.2) is 4.98 Å². The molecule has 0 spiro atoms. The van der Waals surface area contributed by atoms with Gasteiger partial charge in [0, 0.05) is 32.7 Å². The van der Waals surface area contributed by atoms with Crippen LogP contribution in [0.1, 0.15) is 5.56 Å². The molecule has 0 radical (unpaired) electrons. The third-order valence-electron chi connectivity index (χ3n) is 3.03. The van der Waals surface area contributed by atoms with Crippen LogP contribution >= 0.6 is 0 Å². The molecule has 0 unspecified atom stereocenters. The summed E-state index contributed by atoms with van der Waals surface area (Å²) in [6.45, 7) is 4.32. The maximum Gasteiger partial charge on any atom is 0.222 e. The summed E-state index contributed by atoms with van der Waals surface area (Å²) in [5.41, 5.74) is 6.27. The highest BCUT2D eigenvalue weighted by Gasteiger charge is 2.19. The number of hydrogen-bond acceptors (Lipinski definition) is 6. The van der Waals surface area contributed by atoms with Crippen molar-refractivity contribution in [3.05, 3.63) is 11.8 Å². The Labute approximate surface area is 106 Å². The minimum Gasteiger partial charge on any atom is -0.395 e. The molecular weight excluding hydrogens is 230 g/mol. The van der Waals surface area contributed by atoms with Crippen LogP contribution in [0.5, 0.6) is 0 Å². The van der Waals surface area contributed by atoms with Crippen LogP contribution in [-0.4, -0.2) is 59.3 Å². The van der Waals surface area contributed by atoms with Crippen molar-refractivity contribution >= 4 is 11.8 Å². The molecule has 1 saturated heterocycles. The Hall–Kier alpha value is -1.84. The highest BCUT2D eigenvalue weighted by molar-refractivity contribution is 5.56. The lowest BCUT2D eigenvalue weighted by atomic mass is 10.2. The average molecular weight is 247 g/mol. The second-order valence-corrected chi connectivity index (χ2v) is 4.16. The number of nitrogens with zero attached hydrogens (tertiary/aromatic N) is 4. The Balaban J connectivity index is 2.10. The van der Waals surface area contributed by atoms with E-state index in [-0.39, 0.29) is 12.6 Å². The van der Waals surface area contributed by atoms with E-state index in [0.717, 1.165) is 32.0 Å². The summed E-state index contributed by atoms with van der Waals surface area (Å²) in [6, 6.07) is 0. The van der Waals surface area contributed by atoms with E-state index in [1.165, 1.54) is 0 Å². The molecule has 1 aliphatic heterocycles. The lowest BCUT2D eigenvalue weighted by molar-refractivity contribution is 0.188. The fourth-order valence-electron chi connectivity index (χ4n) is 2.05. The molecular formula is C12H17N5O. The van der Waals surface area contributed by atoms with Gasteiger partial charge in [-0.15, -0.1) is 6.42 Å². The van der Waals surface area contributed by atoms with Crippen LogP contribution in [0, 0.1) is 12.3 Å². The van der Waals surface area contributed by atoms with Crippen molar-refractivity contribution < 1.29 is 5.11 Å². The van der Waals surface area contributed by atoms with Crippen molar-refractivity contribution in [3.8, 4) is 12.3 Å². The van der Waals surface area contributed by atoms with Crippen molar-refractivity contribution in [2.45, 2.75) is 0 Å². The zero-order valence-corrected chi connectivity index (χ0v) is 10.2. The molecule has 6 nitrogen and oxygen atoms in total. The molecule has 0 aromatic carbocycles. The van der Waals surface area contributed by atoms with Gasteiger partial charge in [-0.1, -0.05) is 5.92 Å². The molecule has 0 bridgehead atoms. The number of aliphatic hydroxyl groups excluding tert-OH is 1. The van der Waals surface area contributed by atoms with E-state index in [9.17, 15) is 0 Å². The third-order valence-corrected chi connectivity index (χ3v) is 3.03. The van der Waals surface area contributed by atoms with Crippen LogP contribution in [0.4, 0.5) is 11.8 Å². The molecule has 3 N–H and O–H groups in total. The quantitative estimate of drug-likeness (QED) is 0.678. The topological polar surface area (TPSA) is 78.5 Å². The standard InChI is InChI=1S/C12H17N5O/c1-2-10-9-14-12(13)15-11(10)17-5-3-16(4-6-17)7-8-18/h1,9,18H,3-8H2,(H2,13,14,15). The monoisotopic (exact) mass is 247 g/mol. The number of nitrogen functional groups attached to an aromatic ring is 1. The molecule has 1 aromatic rings. The molecule has 2 rings (SSSR count). The fourth-order valence-corrected chi connectivity index (χ4v) is 2.05. The molecule has 1 aliphatic rings. The first kappa shape index (κ1) is 12.6. The van der Waals surface area contributed by atoms with Gasteiger partial charge in [0.1, 0.15) is 5.82 Å². The highest BCUT2D eigenvalue weighted by atomic mass is 16.3. The average Bonchev–Trinajstić information content (AvgIpc) is 2.40. The number of aliphatic hydroxyl groups is 1. The first-order valence-corrected chi connectivity index (χ1v) is 5.92. The molecule has 1 aromatic heterocycles.